The summed E-state index contributed by atoms with van der Waals surface area (Å²) in [4.78, 5) is 41.7. The number of amides is 3. The molecule has 0 radical (unpaired) electrons. The number of hydrogen-bond acceptors (Lipinski definition) is 5. The second-order valence-corrected chi connectivity index (χ2v) is 8.16. The van der Waals surface area contributed by atoms with Crippen molar-refractivity contribution in [3.05, 3.63) is 35.4 Å². The molecule has 0 aliphatic carbocycles. The van der Waals surface area contributed by atoms with E-state index >= 15 is 0 Å². The van der Waals surface area contributed by atoms with Gasteiger partial charge in [-0.05, 0) is 24.8 Å². The molecule has 0 bridgehead atoms. The fraction of sp³-hybridized carbons (Fsp3) is 0.591. The first-order valence-corrected chi connectivity index (χ1v) is 10.4. The fourth-order valence-electron chi connectivity index (χ4n) is 4.06. The van der Waals surface area contributed by atoms with Crippen LogP contribution in [0.3, 0.4) is 0 Å². The molecule has 164 valence electrons. The summed E-state index contributed by atoms with van der Waals surface area (Å²) in [6.45, 7) is 5.72. The lowest BCUT2D eigenvalue weighted by molar-refractivity contribution is -0.157. The van der Waals surface area contributed by atoms with Gasteiger partial charge in [0, 0.05) is 26.7 Å². The average Bonchev–Trinajstić information content (AvgIpc) is 3.14. The van der Waals surface area contributed by atoms with E-state index in [-0.39, 0.29) is 36.9 Å². The van der Waals surface area contributed by atoms with Crippen LogP contribution in [-0.2, 0) is 30.4 Å². The highest BCUT2D eigenvalue weighted by Crippen LogP contribution is 2.25. The Morgan fingerprint density at radius 3 is 2.60 bits per heavy atom. The Labute approximate surface area is 177 Å². The molecular weight excluding hydrogens is 386 g/mol. The summed E-state index contributed by atoms with van der Waals surface area (Å²) in [5, 5.41) is 2.96. The van der Waals surface area contributed by atoms with Crippen LogP contribution in [0.15, 0.2) is 24.3 Å². The number of ether oxygens (including phenoxy) is 2. The summed E-state index contributed by atoms with van der Waals surface area (Å²) >= 11 is 0. The van der Waals surface area contributed by atoms with Crippen molar-refractivity contribution in [3.8, 4) is 0 Å². The van der Waals surface area contributed by atoms with Gasteiger partial charge in [0.25, 0.3) is 0 Å². The second-order valence-electron chi connectivity index (χ2n) is 8.16. The van der Waals surface area contributed by atoms with Gasteiger partial charge in [-0.25, -0.2) is 0 Å². The first kappa shape index (κ1) is 22.2. The number of morpholine rings is 1. The average molecular weight is 418 g/mol. The quantitative estimate of drug-likeness (QED) is 0.737. The Morgan fingerprint density at radius 2 is 1.90 bits per heavy atom. The minimum Gasteiger partial charge on any atom is -0.377 e. The molecule has 0 spiro atoms. The van der Waals surface area contributed by atoms with E-state index in [1.165, 1.54) is 12.0 Å². The Morgan fingerprint density at radius 1 is 1.17 bits per heavy atom. The van der Waals surface area contributed by atoms with Crippen molar-refractivity contribution in [1.29, 1.82) is 0 Å². The highest BCUT2D eigenvalue weighted by molar-refractivity contribution is 5.93. The standard InChI is InChI=1S/C22H31N3O5/c1-15-4-6-17(7-5-15)11-23-21(27)18-10-16(2)12-25(18)22(28)19-13-30-9-8-24(19)20(26)14-29-3/h4-7,16,18-19H,8-14H2,1-3H3,(H,23,27)/t16-,18+,19+/m1/s1. The molecule has 2 aliphatic rings. The number of nitrogens with one attached hydrogen (secondary N) is 1. The topological polar surface area (TPSA) is 88.2 Å². The lowest BCUT2D eigenvalue weighted by Gasteiger charge is -2.37. The van der Waals surface area contributed by atoms with Gasteiger partial charge >= 0.3 is 0 Å². The van der Waals surface area contributed by atoms with Crippen molar-refractivity contribution >= 4 is 17.7 Å². The third-order valence-electron chi connectivity index (χ3n) is 5.68. The minimum atomic E-state index is -0.723. The normalized spacial score (nSPS) is 24.0. The van der Waals surface area contributed by atoms with Gasteiger partial charge in [-0.3, -0.25) is 14.4 Å². The first-order valence-electron chi connectivity index (χ1n) is 10.4. The molecule has 8 heteroatoms. The summed E-state index contributed by atoms with van der Waals surface area (Å²) < 4.78 is 10.4. The molecule has 1 aromatic rings. The van der Waals surface area contributed by atoms with Crippen molar-refractivity contribution in [2.75, 3.05) is 40.0 Å². The molecular formula is C22H31N3O5. The van der Waals surface area contributed by atoms with Crippen LogP contribution in [-0.4, -0.2) is 79.6 Å². The molecule has 3 atom stereocenters. The van der Waals surface area contributed by atoms with Crippen LogP contribution in [0, 0.1) is 12.8 Å². The zero-order valence-electron chi connectivity index (χ0n) is 17.9. The number of carbonyl (C=O) groups excluding carboxylic acids is 3. The monoisotopic (exact) mass is 417 g/mol. The molecule has 2 aliphatic heterocycles. The predicted octanol–water partition coefficient (Wildman–Crippen LogP) is 0.722. The number of nitrogens with zero attached hydrogens (tertiary/aromatic N) is 2. The predicted molar refractivity (Wildman–Crippen MR) is 111 cm³/mol. The summed E-state index contributed by atoms with van der Waals surface area (Å²) in [7, 11) is 1.45. The van der Waals surface area contributed by atoms with E-state index in [2.05, 4.69) is 5.32 Å². The number of carbonyl (C=O) groups is 3. The van der Waals surface area contributed by atoms with E-state index in [1.807, 2.05) is 38.1 Å². The number of benzene rings is 1. The molecule has 2 fully saturated rings. The van der Waals surface area contributed by atoms with Gasteiger partial charge in [-0.15, -0.1) is 0 Å². The maximum atomic E-state index is 13.3. The maximum absolute atomic E-state index is 13.3. The number of likely N-dealkylation sites (tertiary alicyclic amines) is 1. The summed E-state index contributed by atoms with van der Waals surface area (Å²) in [6, 6.07) is 6.70. The first-order chi connectivity index (χ1) is 14.4. The van der Waals surface area contributed by atoms with Gasteiger partial charge in [0.1, 0.15) is 18.7 Å². The highest BCUT2D eigenvalue weighted by atomic mass is 16.5. The van der Waals surface area contributed by atoms with Gasteiger partial charge in [-0.1, -0.05) is 36.8 Å². The van der Waals surface area contributed by atoms with E-state index in [0.29, 0.717) is 32.7 Å². The molecule has 2 heterocycles. The Bertz CT molecular complexity index is 767. The van der Waals surface area contributed by atoms with Crippen LogP contribution in [0.1, 0.15) is 24.5 Å². The Kier molecular flexibility index (Phi) is 7.44. The lowest BCUT2D eigenvalue weighted by Crippen LogP contribution is -2.59. The summed E-state index contributed by atoms with van der Waals surface area (Å²) in [5.41, 5.74) is 2.17. The summed E-state index contributed by atoms with van der Waals surface area (Å²) in [5.74, 6) is -0.442. The van der Waals surface area contributed by atoms with Gasteiger partial charge in [0.15, 0.2) is 0 Å². The minimum absolute atomic E-state index is 0.0827. The van der Waals surface area contributed by atoms with Crippen molar-refractivity contribution in [3.63, 3.8) is 0 Å². The van der Waals surface area contributed by atoms with Crippen molar-refractivity contribution in [1.82, 2.24) is 15.1 Å². The molecule has 0 unspecified atom stereocenters. The van der Waals surface area contributed by atoms with Crippen LogP contribution in [0.2, 0.25) is 0 Å². The zero-order chi connectivity index (χ0) is 21.7. The summed E-state index contributed by atoms with van der Waals surface area (Å²) in [6.07, 6.45) is 0.602. The molecule has 1 aromatic carbocycles. The van der Waals surface area contributed by atoms with E-state index in [9.17, 15) is 14.4 Å². The number of rotatable bonds is 6. The molecule has 0 saturated carbocycles. The molecule has 8 nitrogen and oxygen atoms in total. The molecule has 3 amide bonds. The number of methoxy groups -OCH3 is 1. The van der Waals surface area contributed by atoms with E-state index in [1.54, 1.807) is 4.90 Å². The van der Waals surface area contributed by atoms with Crippen LogP contribution in [0.25, 0.3) is 0 Å². The molecule has 30 heavy (non-hydrogen) atoms. The molecule has 2 saturated heterocycles. The maximum Gasteiger partial charge on any atom is 0.249 e. The van der Waals surface area contributed by atoms with Crippen LogP contribution < -0.4 is 5.32 Å². The van der Waals surface area contributed by atoms with Crippen molar-refractivity contribution < 1.29 is 23.9 Å². The van der Waals surface area contributed by atoms with Crippen molar-refractivity contribution in [2.45, 2.75) is 38.9 Å². The molecule has 0 aromatic heterocycles. The third kappa shape index (κ3) is 5.17. The number of aryl methyl sites for hydroxylation is 1. The lowest BCUT2D eigenvalue weighted by atomic mass is 10.1. The molecule has 1 N–H and O–H groups in total. The van der Waals surface area contributed by atoms with Crippen LogP contribution in [0.4, 0.5) is 0 Å². The van der Waals surface area contributed by atoms with Gasteiger partial charge in [-0.2, -0.15) is 0 Å². The van der Waals surface area contributed by atoms with E-state index in [4.69, 9.17) is 9.47 Å². The fourth-order valence-corrected chi connectivity index (χ4v) is 4.06. The van der Waals surface area contributed by atoms with Crippen molar-refractivity contribution in [2.24, 2.45) is 5.92 Å². The smallest absolute Gasteiger partial charge is 0.249 e. The zero-order valence-corrected chi connectivity index (χ0v) is 17.9. The van der Waals surface area contributed by atoms with Crippen LogP contribution >= 0.6 is 0 Å². The van der Waals surface area contributed by atoms with Gasteiger partial charge in [0.2, 0.25) is 17.7 Å². The largest absolute Gasteiger partial charge is 0.377 e. The highest BCUT2D eigenvalue weighted by Gasteiger charge is 2.43. The van der Waals surface area contributed by atoms with Gasteiger partial charge < -0.3 is 24.6 Å². The van der Waals surface area contributed by atoms with E-state index in [0.717, 1.165) is 11.1 Å². The number of hydrogen-bond donors (Lipinski definition) is 1. The van der Waals surface area contributed by atoms with Gasteiger partial charge in [0.05, 0.1) is 13.2 Å². The van der Waals surface area contributed by atoms with Crippen LogP contribution in [0.5, 0.6) is 0 Å². The SMILES string of the molecule is COCC(=O)N1CCOC[C@H]1C(=O)N1C[C@H](C)C[C@H]1C(=O)NCc1ccc(C)cc1. The second kappa shape index (κ2) is 10.0. The Balaban J connectivity index is 1.67. The Hall–Kier alpha value is -2.45. The third-order valence-corrected chi connectivity index (χ3v) is 5.68. The molecule has 3 rings (SSSR count). The van der Waals surface area contributed by atoms with E-state index < -0.39 is 12.1 Å².